The second kappa shape index (κ2) is 7.93. The van der Waals surface area contributed by atoms with Crippen LogP contribution >= 0.6 is 0 Å². The monoisotopic (exact) mass is 472 g/mol. The van der Waals surface area contributed by atoms with Crippen molar-refractivity contribution in [1.82, 2.24) is 24.4 Å². The molecule has 1 aliphatic carbocycles. The first-order valence-corrected chi connectivity index (χ1v) is 11.5. The number of fused-ring (bicyclic) bond motifs is 1. The number of imidazole rings is 1. The number of nitrogens with one attached hydrogen (secondary N) is 1. The number of rotatable bonds is 5. The number of likely N-dealkylation sites (tertiary alicyclic amines) is 1. The molecule has 178 valence electrons. The van der Waals surface area contributed by atoms with Gasteiger partial charge in [0.1, 0.15) is 16.9 Å². The Bertz CT molecular complexity index is 1450. The third-order valence-corrected chi connectivity index (χ3v) is 6.61. The van der Waals surface area contributed by atoms with Gasteiger partial charge in [0.15, 0.2) is 0 Å². The minimum absolute atomic E-state index is 0.0180. The lowest BCUT2D eigenvalue weighted by Crippen LogP contribution is -2.49. The molecular formula is C25H24N6O4. The average Bonchev–Trinajstić information content (AvgIpc) is 3.20. The number of pyridine rings is 1. The number of ether oxygens (including phenoxy) is 1. The first-order chi connectivity index (χ1) is 16.9. The van der Waals surface area contributed by atoms with Crippen molar-refractivity contribution in [3.05, 3.63) is 65.9 Å². The minimum atomic E-state index is -0.288. The lowest BCUT2D eigenvalue weighted by atomic mass is 10.0. The second-order valence-electron chi connectivity index (χ2n) is 9.43. The highest BCUT2D eigenvalue weighted by molar-refractivity contribution is 6.04. The fraction of sp³-hybridized carbons (Fsp3) is 0.320. The Hall–Kier alpha value is -4.21. The van der Waals surface area contributed by atoms with Crippen molar-refractivity contribution in [2.24, 2.45) is 0 Å². The number of amides is 2. The molecule has 1 N–H and O–H groups in total. The number of hydrogen-bond acceptors (Lipinski definition) is 7. The Morgan fingerprint density at radius 2 is 2.03 bits per heavy atom. The summed E-state index contributed by atoms with van der Waals surface area (Å²) in [5.41, 5.74) is 3.12. The van der Waals surface area contributed by atoms with Crippen LogP contribution in [-0.2, 0) is 4.74 Å². The zero-order valence-corrected chi connectivity index (χ0v) is 19.4. The second-order valence-corrected chi connectivity index (χ2v) is 9.43. The van der Waals surface area contributed by atoms with Gasteiger partial charge in [0.05, 0.1) is 12.1 Å². The van der Waals surface area contributed by atoms with Gasteiger partial charge in [-0.05, 0) is 50.5 Å². The van der Waals surface area contributed by atoms with Crippen LogP contribution in [0.25, 0.3) is 17.0 Å². The fourth-order valence-corrected chi connectivity index (χ4v) is 4.04. The van der Waals surface area contributed by atoms with E-state index in [1.165, 1.54) is 0 Å². The zero-order chi connectivity index (χ0) is 24.2. The molecule has 3 aromatic heterocycles. The summed E-state index contributed by atoms with van der Waals surface area (Å²) in [7, 11) is 0. The molecule has 4 aromatic rings. The van der Waals surface area contributed by atoms with E-state index in [2.05, 4.69) is 20.4 Å². The van der Waals surface area contributed by atoms with Crippen LogP contribution in [0.15, 0.2) is 53.3 Å². The highest BCUT2D eigenvalue weighted by atomic mass is 16.6. The van der Waals surface area contributed by atoms with Crippen LogP contribution in [0.5, 0.6) is 0 Å². The summed E-state index contributed by atoms with van der Waals surface area (Å²) in [6.45, 7) is 4.85. The number of hydrogen-bond donors (Lipinski definition) is 1. The first kappa shape index (κ1) is 21.3. The molecule has 35 heavy (non-hydrogen) atoms. The third-order valence-electron chi connectivity index (χ3n) is 6.61. The third kappa shape index (κ3) is 4.01. The maximum atomic E-state index is 12.9. The normalized spacial score (nSPS) is 16.7. The summed E-state index contributed by atoms with van der Waals surface area (Å²) in [5, 5.41) is 7.09. The van der Waals surface area contributed by atoms with Gasteiger partial charge in [-0.3, -0.25) is 9.20 Å². The molecule has 1 saturated carbocycles. The number of benzene rings is 1. The summed E-state index contributed by atoms with van der Waals surface area (Å²) in [6, 6.07) is 11.2. The number of carbonyl (C=O) groups is 2. The van der Waals surface area contributed by atoms with Gasteiger partial charge in [-0.15, -0.1) is 0 Å². The van der Waals surface area contributed by atoms with E-state index in [1.807, 2.05) is 50.2 Å². The molecule has 0 radical (unpaired) electrons. The first-order valence-electron chi connectivity index (χ1n) is 11.5. The van der Waals surface area contributed by atoms with Gasteiger partial charge in [0.25, 0.3) is 5.91 Å². The van der Waals surface area contributed by atoms with Gasteiger partial charge in [0.2, 0.25) is 11.7 Å². The predicted octanol–water partition coefficient (Wildman–Crippen LogP) is 4.03. The maximum absolute atomic E-state index is 12.9. The summed E-state index contributed by atoms with van der Waals surface area (Å²) in [6.07, 6.45) is 4.90. The zero-order valence-electron chi connectivity index (χ0n) is 19.4. The lowest BCUT2D eigenvalue weighted by molar-refractivity contribution is 0.0322. The molecule has 1 aromatic carbocycles. The molecule has 2 aliphatic rings. The Balaban J connectivity index is 1.15. The number of carbonyl (C=O) groups excluding carboxylic acids is 2. The van der Waals surface area contributed by atoms with Gasteiger partial charge in [-0.25, -0.2) is 9.78 Å². The topological polar surface area (TPSA) is 115 Å². The number of aromatic nitrogens is 4. The minimum Gasteiger partial charge on any atom is -0.443 e. The molecule has 0 bridgehead atoms. The number of nitrogens with zero attached hydrogens (tertiary/aromatic N) is 5. The Morgan fingerprint density at radius 1 is 1.20 bits per heavy atom. The van der Waals surface area contributed by atoms with Crippen LogP contribution in [0.4, 0.5) is 10.5 Å². The summed E-state index contributed by atoms with van der Waals surface area (Å²) >= 11 is 0. The van der Waals surface area contributed by atoms with E-state index >= 15 is 0 Å². The molecule has 1 saturated heterocycles. The van der Waals surface area contributed by atoms with Crippen molar-refractivity contribution in [2.75, 3.05) is 18.4 Å². The van der Waals surface area contributed by atoms with E-state index in [1.54, 1.807) is 21.7 Å². The molecule has 2 amide bonds. The standard InChI is InChI=1S/C25H24N6O4/c1-15-6-7-16(11-18(15)27-22(32)19-12-26-20-5-3-4-10-31(19)20)21-28-23(35-29-21)17-13-30(14-17)24(33)34-25(2)8-9-25/h3-7,10-12,17H,8-9,13-14H2,1-2H3,(H,27,32). The maximum Gasteiger partial charge on any atom is 0.410 e. The van der Waals surface area contributed by atoms with Gasteiger partial charge in [-0.1, -0.05) is 23.4 Å². The van der Waals surface area contributed by atoms with Crippen LogP contribution in [0.1, 0.15) is 47.6 Å². The highest BCUT2D eigenvalue weighted by Crippen LogP contribution is 2.40. The molecule has 1 aliphatic heterocycles. The molecule has 0 atom stereocenters. The SMILES string of the molecule is Cc1ccc(-c2noc(C3CN(C(=O)OC4(C)CC4)C3)n2)cc1NC(=O)c1cnc2ccccn12. The van der Waals surface area contributed by atoms with Gasteiger partial charge >= 0.3 is 6.09 Å². The van der Waals surface area contributed by atoms with Crippen molar-refractivity contribution in [3.8, 4) is 11.4 Å². The van der Waals surface area contributed by atoms with Crippen LogP contribution in [-0.4, -0.2) is 55.1 Å². The summed E-state index contributed by atoms with van der Waals surface area (Å²) < 4.78 is 12.7. The van der Waals surface area contributed by atoms with Crippen molar-refractivity contribution in [3.63, 3.8) is 0 Å². The largest absolute Gasteiger partial charge is 0.443 e. The van der Waals surface area contributed by atoms with Crippen LogP contribution in [0, 0.1) is 6.92 Å². The van der Waals surface area contributed by atoms with E-state index in [4.69, 9.17) is 9.26 Å². The Kier molecular flexibility index (Phi) is 4.84. The fourth-order valence-electron chi connectivity index (χ4n) is 4.04. The van der Waals surface area contributed by atoms with Gasteiger partial charge in [-0.2, -0.15) is 4.98 Å². The van der Waals surface area contributed by atoms with E-state index in [0.29, 0.717) is 41.8 Å². The molecule has 0 spiro atoms. The molecular weight excluding hydrogens is 448 g/mol. The van der Waals surface area contributed by atoms with E-state index in [0.717, 1.165) is 24.0 Å². The van der Waals surface area contributed by atoms with Crippen molar-refractivity contribution >= 4 is 23.3 Å². The lowest BCUT2D eigenvalue weighted by Gasteiger charge is -2.36. The number of anilines is 1. The van der Waals surface area contributed by atoms with Crippen LogP contribution in [0.3, 0.4) is 0 Å². The molecule has 6 rings (SSSR count). The quantitative estimate of drug-likeness (QED) is 0.466. The summed E-state index contributed by atoms with van der Waals surface area (Å²) in [5.74, 6) is 0.630. The van der Waals surface area contributed by atoms with Crippen molar-refractivity contribution in [1.29, 1.82) is 0 Å². The Labute approximate surface area is 200 Å². The number of aryl methyl sites for hydroxylation is 1. The molecule has 4 heterocycles. The van der Waals surface area contributed by atoms with Gasteiger partial charge < -0.3 is 19.5 Å². The average molecular weight is 473 g/mol. The smallest absolute Gasteiger partial charge is 0.410 e. The molecule has 2 fully saturated rings. The van der Waals surface area contributed by atoms with Crippen molar-refractivity contribution < 1.29 is 18.8 Å². The summed E-state index contributed by atoms with van der Waals surface area (Å²) in [4.78, 5) is 35.6. The molecule has 10 heteroatoms. The van der Waals surface area contributed by atoms with Gasteiger partial charge in [0, 0.05) is 30.5 Å². The highest BCUT2D eigenvalue weighted by Gasteiger charge is 2.45. The van der Waals surface area contributed by atoms with E-state index in [-0.39, 0.29) is 23.5 Å². The molecule has 10 nitrogen and oxygen atoms in total. The van der Waals surface area contributed by atoms with Crippen molar-refractivity contribution in [2.45, 2.75) is 38.2 Å². The predicted molar refractivity (Wildman–Crippen MR) is 126 cm³/mol. The van der Waals surface area contributed by atoms with Crippen LogP contribution in [0.2, 0.25) is 0 Å². The van der Waals surface area contributed by atoms with E-state index < -0.39 is 0 Å². The van der Waals surface area contributed by atoms with E-state index in [9.17, 15) is 9.59 Å². The molecule has 0 unspecified atom stereocenters. The van der Waals surface area contributed by atoms with Crippen LogP contribution < -0.4 is 5.32 Å². The Morgan fingerprint density at radius 3 is 2.83 bits per heavy atom.